The molecule has 0 aliphatic heterocycles. The van der Waals surface area contributed by atoms with Crippen molar-refractivity contribution in [2.45, 2.75) is 38.1 Å². The lowest BCUT2D eigenvalue weighted by Gasteiger charge is -2.39. The van der Waals surface area contributed by atoms with Crippen LogP contribution in [0.3, 0.4) is 0 Å². The first-order valence-corrected chi connectivity index (χ1v) is 7.01. The fraction of sp³-hybridized carbons (Fsp3) is 0.500. The van der Waals surface area contributed by atoms with Crippen LogP contribution in [-0.4, -0.2) is 27.5 Å². The summed E-state index contributed by atoms with van der Waals surface area (Å²) in [7, 11) is 0. The zero-order valence-electron chi connectivity index (χ0n) is 11.2. The summed E-state index contributed by atoms with van der Waals surface area (Å²) in [5, 5.41) is 12.3. The number of rotatable bonds is 3. The average molecular weight is 297 g/mol. The van der Waals surface area contributed by atoms with Gasteiger partial charge in [0, 0.05) is 6.20 Å². The van der Waals surface area contributed by atoms with E-state index < -0.39 is 17.4 Å². The van der Waals surface area contributed by atoms with E-state index in [4.69, 9.17) is 11.6 Å². The molecule has 0 saturated heterocycles. The highest BCUT2D eigenvalue weighted by Gasteiger charge is 2.46. The standard InChI is InChI=1S/C14H17ClN2O3/c1-9-5-2-3-7-14(9,13(19)20)17-12(18)10-6-4-8-16-11(10)15/h4,6,8-9H,2-3,5,7H2,1H3,(H,17,18)(H,19,20). The number of hydrogen-bond acceptors (Lipinski definition) is 3. The first-order chi connectivity index (χ1) is 9.47. The molecule has 1 amide bonds. The largest absolute Gasteiger partial charge is 0.479 e. The van der Waals surface area contributed by atoms with Gasteiger partial charge in [-0.2, -0.15) is 0 Å². The van der Waals surface area contributed by atoms with E-state index in [0.29, 0.717) is 6.42 Å². The van der Waals surface area contributed by atoms with Gasteiger partial charge in [0.25, 0.3) is 5.91 Å². The Kier molecular flexibility index (Phi) is 4.28. The molecule has 20 heavy (non-hydrogen) atoms. The van der Waals surface area contributed by atoms with Crippen molar-refractivity contribution in [1.29, 1.82) is 0 Å². The predicted octanol–water partition coefficient (Wildman–Crippen LogP) is 2.50. The summed E-state index contributed by atoms with van der Waals surface area (Å²) in [6.07, 6.45) is 4.48. The van der Waals surface area contributed by atoms with Crippen LogP contribution in [-0.2, 0) is 4.79 Å². The van der Waals surface area contributed by atoms with Gasteiger partial charge in [0.05, 0.1) is 5.56 Å². The number of carbonyl (C=O) groups excluding carboxylic acids is 1. The molecule has 2 atom stereocenters. The molecule has 1 fully saturated rings. The Bertz CT molecular complexity index is 535. The highest BCUT2D eigenvalue weighted by molar-refractivity contribution is 6.32. The lowest BCUT2D eigenvalue weighted by molar-refractivity contribution is -0.148. The number of carbonyl (C=O) groups is 2. The van der Waals surface area contributed by atoms with E-state index in [2.05, 4.69) is 10.3 Å². The van der Waals surface area contributed by atoms with Gasteiger partial charge < -0.3 is 10.4 Å². The zero-order chi connectivity index (χ0) is 14.8. The minimum absolute atomic E-state index is 0.0778. The van der Waals surface area contributed by atoms with E-state index in [1.54, 1.807) is 6.07 Å². The predicted molar refractivity (Wildman–Crippen MR) is 74.7 cm³/mol. The first kappa shape index (κ1) is 14.8. The van der Waals surface area contributed by atoms with Crippen LogP contribution in [0.25, 0.3) is 0 Å². The Labute approximate surface area is 122 Å². The van der Waals surface area contributed by atoms with Crippen molar-refractivity contribution in [2.75, 3.05) is 0 Å². The molecule has 2 N–H and O–H groups in total. The van der Waals surface area contributed by atoms with Crippen molar-refractivity contribution in [1.82, 2.24) is 10.3 Å². The molecule has 0 spiro atoms. The zero-order valence-corrected chi connectivity index (χ0v) is 12.0. The molecule has 2 unspecified atom stereocenters. The first-order valence-electron chi connectivity index (χ1n) is 6.64. The summed E-state index contributed by atoms with van der Waals surface area (Å²) >= 11 is 5.88. The molecule has 0 radical (unpaired) electrons. The maximum Gasteiger partial charge on any atom is 0.329 e. The highest BCUT2D eigenvalue weighted by atomic mass is 35.5. The Morgan fingerprint density at radius 1 is 1.50 bits per heavy atom. The number of nitrogens with zero attached hydrogens (tertiary/aromatic N) is 1. The number of carboxylic acid groups (broad SMARTS) is 1. The van der Waals surface area contributed by atoms with E-state index in [1.807, 2.05) is 6.92 Å². The summed E-state index contributed by atoms with van der Waals surface area (Å²) in [4.78, 5) is 27.8. The van der Waals surface area contributed by atoms with Crippen molar-refractivity contribution in [3.8, 4) is 0 Å². The summed E-state index contributed by atoms with van der Waals surface area (Å²) < 4.78 is 0. The quantitative estimate of drug-likeness (QED) is 0.840. The summed E-state index contributed by atoms with van der Waals surface area (Å²) in [6, 6.07) is 3.13. The average Bonchev–Trinajstić information content (AvgIpc) is 2.41. The van der Waals surface area contributed by atoms with Gasteiger partial charge in [-0.15, -0.1) is 0 Å². The fourth-order valence-corrected chi connectivity index (χ4v) is 2.93. The molecule has 1 aromatic rings. The summed E-state index contributed by atoms with van der Waals surface area (Å²) in [5.41, 5.74) is -1.01. The van der Waals surface area contributed by atoms with Gasteiger partial charge in [-0.1, -0.05) is 31.4 Å². The Morgan fingerprint density at radius 3 is 2.85 bits per heavy atom. The molecule has 1 heterocycles. The molecule has 1 aliphatic rings. The number of carboxylic acids is 1. The maximum absolute atomic E-state index is 12.3. The molecule has 0 aromatic carbocycles. The SMILES string of the molecule is CC1CCCCC1(NC(=O)c1cccnc1Cl)C(=O)O. The van der Waals surface area contributed by atoms with Crippen LogP contribution in [0.4, 0.5) is 0 Å². The minimum atomic E-state index is -1.21. The van der Waals surface area contributed by atoms with Crippen LogP contribution in [0.5, 0.6) is 0 Å². The number of aromatic nitrogens is 1. The second-order valence-electron chi connectivity index (χ2n) is 5.22. The van der Waals surface area contributed by atoms with Crippen LogP contribution in [0.1, 0.15) is 43.0 Å². The Balaban J connectivity index is 2.27. The second kappa shape index (κ2) is 5.79. The normalized spacial score (nSPS) is 26.0. The van der Waals surface area contributed by atoms with Crippen LogP contribution in [0, 0.1) is 5.92 Å². The third kappa shape index (κ3) is 2.63. The van der Waals surface area contributed by atoms with Gasteiger partial charge in [-0.3, -0.25) is 4.79 Å². The number of amides is 1. The third-order valence-electron chi connectivity index (χ3n) is 4.02. The topological polar surface area (TPSA) is 79.3 Å². The number of aliphatic carboxylic acids is 1. The molecule has 1 saturated carbocycles. The Hall–Kier alpha value is -1.62. The summed E-state index contributed by atoms with van der Waals surface area (Å²) in [6.45, 7) is 1.86. The fourth-order valence-electron chi connectivity index (χ4n) is 2.73. The molecule has 1 aromatic heterocycles. The third-order valence-corrected chi connectivity index (χ3v) is 4.32. The van der Waals surface area contributed by atoms with Crippen molar-refractivity contribution in [3.05, 3.63) is 29.0 Å². The highest BCUT2D eigenvalue weighted by Crippen LogP contribution is 2.34. The molecule has 5 nitrogen and oxygen atoms in total. The molecule has 1 aliphatic carbocycles. The number of pyridine rings is 1. The van der Waals surface area contributed by atoms with E-state index in [9.17, 15) is 14.7 Å². The molecule has 108 valence electrons. The number of halogens is 1. The molecule has 6 heteroatoms. The van der Waals surface area contributed by atoms with Crippen molar-refractivity contribution in [2.24, 2.45) is 5.92 Å². The van der Waals surface area contributed by atoms with Crippen molar-refractivity contribution < 1.29 is 14.7 Å². The molecular weight excluding hydrogens is 280 g/mol. The summed E-state index contributed by atoms with van der Waals surface area (Å²) in [5.74, 6) is -1.59. The van der Waals surface area contributed by atoms with Crippen molar-refractivity contribution >= 4 is 23.5 Å². The van der Waals surface area contributed by atoms with E-state index in [1.165, 1.54) is 12.3 Å². The van der Waals surface area contributed by atoms with Crippen LogP contribution >= 0.6 is 11.6 Å². The maximum atomic E-state index is 12.3. The number of hydrogen-bond donors (Lipinski definition) is 2. The second-order valence-corrected chi connectivity index (χ2v) is 5.58. The lowest BCUT2D eigenvalue weighted by Crippen LogP contribution is -2.60. The van der Waals surface area contributed by atoms with E-state index in [-0.39, 0.29) is 16.6 Å². The van der Waals surface area contributed by atoms with Gasteiger partial charge in [-0.25, -0.2) is 9.78 Å². The monoisotopic (exact) mass is 296 g/mol. The smallest absolute Gasteiger partial charge is 0.329 e. The Morgan fingerprint density at radius 2 is 2.25 bits per heavy atom. The lowest BCUT2D eigenvalue weighted by atomic mass is 9.73. The van der Waals surface area contributed by atoms with Crippen LogP contribution in [0.15, 0.2) is 18.3 Å². The minimum Gasteiger partial charge on any atom is -0.479 e. The van der Waals surface area contributed by atoms with Gasteiger partial charge in [0.2, 0.25) is 0 Å². The molecule has 0 bridgehead atoms. The van der Waals surface area contributed by atoms with Gasteiger partial charge in [0.15, 0.2) is 0 Å². The number of nitrogens with one attached hydrogen (secondary N) is 1. The molecular formula is C14H17ClN2O3. The van der Waals surface area contributed by atoms with E-state index >= 15 is 0 Å². The van der Waals surface area contributed by atoms with Crippen LogP contribution in [0.2, 0.25) is 5.15 Å². The van der Waals surface area contributed by atoms with Crippen LogP contribution < -0.4 is 5.32 Å². The van der Waals surface area contributed by atoms with E-state index in [0.717, 1.165) is 19.3 Å². The van der Waals surface area contributed by atoms with Crippen molar-refractivity contribution in [3.63, 3.8) is 0 Å². The molecule has 2 rings (SSSR count). The van der Waals surface area contributed by atoms with Gasteiger partial charge in [-0.05, 0) is 30.9 Å². The van der Waals surface area contributed by atoms with Gasteiger partial charge in [0.1, 0.15) is 10.7 Å². The van der Waals surface area contributed by atoms with Gasteiger partial charge >= 0.3 is 5.97 Å².